The van der Waals surface area contributed by atoms with Crippen LogP contribution in [-0.4, -0.2) is 9.78 Å². The Balaban J connectivity index is 2.44. The summed E-state index contributed by atoms with van der Waals surface area (Å²) < 4.78 is 1.70. The van der Waals surface area contributed by atoms with Crippen LogP contribution >= 0.6 is 11.6 Å². The number of aromatic nitrogens is 2. The van der Waals surface area contributed by atoms with Crippen molar-refractivity contribution in [2.75, 3.05) is 0 Å². The van der Waals surface area contributed by atoms with E-state index in [1.807, 2.05) is 13.2 Å². The molecule has 11 heavy (non-hydrogen) atoms. The zero-order valence-electron chi connectivity index (χ0n) is 6.34. The first-order valence-corrected chi connectivity index (χ1v) is 3.98. The molecule has 1 aromatic heterocycles. The molecular formula is C7H10ClN3. The second-order valence-electron chi connectivity index (χ2n) is 3.16. The minimum absolute atomic E-state index is 0.161. The van der Waals surface area contributed by atoms with Gasteiger partial charge in [0.1, 0.15) is 0 Å². The number of aryl methyl sites for hydroxylation is 1. The van der Waals surface area contributed by atoms with Crippen molar-refractivity contribution in [1.82, 2.24) is 9.78 Å². The van der Waals surface area contributed by atoms with E-state index in [9.17, 15) is 0 Å². The number of hydrogen-bond donors (Lipinski definition) is 1. The van der Waals surface area contributed by atoms with Crippen molar-refractivity contribution in [3.63, 3.8) is 0 Å². The minimum atomic E-state index is -0.161. The third kappa shape index (κ3) is 1.04. The Morgan fingerprint density at radius 1 is 1.73 bits per heavy atom. The van der Waals surface area contributed by atoms with E-state index in [4.69, 9.17) is 17.3 Å². The van der Waals surface area contributed by atoms with Crippen LogP contribution < -0.4 is 5.73 Å². The molecule has 1 heterocycles. The van der Waals surface area contributed by atoms with Crippen LogP contribution in [0, 0.1) is 0 Å². The summed E-state index contributed by atoms with van der Waals surface area (Å²) in [7, 11) is 1.85. The Bertz CT molecular complexity index is 288. The SMILES string of the molecule is Cn1cc(C2(N)CC2)c(Cl)n1. The molecule has 60 valence electrons. The molecule has 1 saturated carbocycles. The van der Waals surface area contributed by atoms with Crippen molar-refractivity contribution in [1.29, 1.82) is 0 Å². The Labute approximate surface area is 70.1 Å². The molecule has 0 unspecified atom stereocenters. The molecule has 0 saturated heterocycles. The van der Waals surface area contributed by atoms with E-state index in [2.05, 4.69) is 5.10 Å². The fourth-order valence-electron chi connectivity index (χ4n) is 1.20. The molecule has 0 radical (unpaired) electrons. The number of halogens is 1. The maximum Gasteiger partial charge on any atom is 0.156 e. The van der Waals surface area contributed by atoms with E-state index in [0.717, 1.165) is 18.4 Å². The summed E-state index contributed by atoms with van der Waals surface area (Å²) >= 11 is 5.86. The molecule has 0 bridgehead atoms. The van der Waals surface area contributed by atoms with Crippen LogP contribution in [0.3, 0.4) is 0 Å². The van der Waals surface area contributed by atoms with Crippen LogP contribution in [0.4, 0.5) is 0 Å². The van der Waals surface area contributed by atoms with E-state index in [0.29, 0.717) is 5.15 Å². The van der Waals surface area contributed by atoms with Gasteiger partial charge in [0, 0.05) is 24.3 Å². The molecule has 2 rings (SSSR count). The summed E-state index contributed by atoms with van der Waals surface area (Å²) in [5, 5.41) is 4.57. The number of rotatable bonds is 1. The normalized spacial score (nSPS) is 20.3. The molecule has 1 aliphatic carbocycles. The Morgan fingerprint density at radius 3 is 2.73 bits per heavy atom. The van der Waals surface area contributed by atoms with Crippen molar-refractivity contribution in [2.45, 2.75) is 18.4 Å². The minimum Gasteiger partial charge on any atom is -0.321 e. The summed E-state index contributed by atoms with van der Waals surface area (Å²) in [5.74, 6) is 0. The molecular weight excluding hydrogens is 162 g/mol. The molecule has 0 atom stereocenters. The summed E-state index contributed by atoms with van der Waals surface area (Å²) in [6, 6.07) is 0. The van der Waals surface area contributed by atoms with Crippen molar-refractivity contribution >= 4 is 11.6 Å². The number of nitrogens with zero attached hydrogens (tertiary/aromatic N) is 2. The second-order valence-corrected chi connectivity index (χ2v) is 3.52. The molecule has 1 aliphatic rings. The summed E-state index contributed by atoms with van der Waals surface area (Å²) in [5.41, 5.74) is 6.77. The molecule has 0 aromatic carbocycles. The van der Waals surface area contributed by atoms with E-state index < -0.39 is 0 Å². The highest BCUT2D eigenvalue weighted by Gasteiger charge is 2.42. The van der Waals surface area contributed by atoms with Gasteiger partial charge in [-0.15, -0.1) is 0 Å². The van der Waals surface area contributed by atoms with Gasteiger partial charge in [0.2, 0.25) is 0 Å². The molecule has 0 spiro atoms. The fraction of sp³-hybridized carbons (Fsp3) is 0.571. The Hall–Kier alpha value is -0.540. The average molecular weight is 172 g/mol. The van der Waals surface area contributed by atoms with E-state index >= 15 is 0 Å². The first-order valence-electron chi connectivity index (χ1n) is 3.60. The summed E-state index contributed by atoms with van der Waals surface area (Å²) in [4.78, 5) is 0. The second kappa shape index (κ2) is 1.99. The third-order valence-electron chi connectivity index (χ3n) is 2.11. The number of nitrogens with two attached hydrogens (primary N) is 1. The lowest BCUT2D eigenvalue weighted by Crippen LogP contribution is -2.18. The quantitative estimate of drug-likeness (QED) is 0.686. The van der Waals surface area contributed by atoms with E-state index in [1.165, 1.54) is 0 Å². The molecule has 1 aromatic rings. The van der Waals surface area contributed by atoms with Gasteiger partial charge in [0.25, 0.3) is 0 Å². The van der Waals surface area contributed by atoms with Gasteiger partial charge >= 0.3 is 0 Å². The van der Waals surface area contributed by atoms with Crippen LogP contribution in [0.2, 0.25) is 5.15 Å². The van der Waals surface area contributed by atoms with Crippen LogP contribution in [0.1, 0.15) is 18.4 Å². The van der Waals surface area contributed by atoms with Crippen LogP contribution in [0.25, 0.3) is 0 Å². The fourth-order valence-corrected chi connectivity index (χ4v) is 1.56. The van der Waals surface area contributed by atoms with Gasteiger partial charge < -0.3 is 5.73 Å². The highest BCUT2D eigenvalue weighted by atomic mass is 35.5. The monoisotopic (exact) mass is 171 g/mol. The molecule has 0 amide bonds. The zero-order valence-corrected chi connectivity index (χ0v) is 7.10. The Morgan fingerprint density at radius 2 is 2.36 bits per heavy atom. The zero-order chi connectivity index (χ0) is 8.06. The predicted octanol–water partition coefficient (Wildman–Crippen LogP) is 1.02. The largest absolute Gasteiger partial charge is 0.321 e. The predicted molar refractivity (Wildman–Crippen MR) is 43.3 cm³/mol. The molecule has 2 N–H and O–H groups in total. The van der Waals surface area contributed by atoms with Gasteiger partial charge in [-0.25, -0.2) is 0 Å². The number of hydrogen-bond acceptors (Lipinski definition) is 2. The van der Waals surface area contributed by atoms with Gasteiger partial charge in [-0.3, -0.25) is 4.68 Å². The highest BCUT2D eigenvalue weighted by Crippen LogP contribution is 2.44. The van der Waals surface area contributed by atoms with Crippen molar-refractivity contribution in [3.8, 4) is 0 Å². The summed E-state index contributed by atoms with van der Waals surface area (Å²) in [6.45, 7) is 0. The van der Waals surface area contributed by atoms with Crippen LogP contribution in [0.15, 0.2) is 6.20 Å². The molecule has 4 heteroatoms. The van der Waals surface area contributed by atoms with E-state index in [-0.39, 0.29) is 5.54 Å². The first-order chi connectivity index (χ1) is 5.12. The topological polar surface area (TPSA) is 43.8 Å². The van der Waals surface area contributed by atoms with Crippen LogP contribution in [-0.2, 0) is 12.6 Å². The first kappa shape index (κ1) is 7.13. The lowest BCUT2D eigenvalue weighted by Gasteiger charge is -2.03. The maximum absolute atomic E-state index is 5.94. The molecule has 3 nitrogen and oxygen atoms in total. The standard InChI is InChI=1S/C7H10ClN3/c1-11-4-5(6(8)10-11)7(9)2-3-7/h4H,2-3,9H2,1H3. The van der Waals surface area contributed by atoms with Crippen LogP contribution in [0.5, 0.6) is 0 Å². The molecule has 0 aliphatic heterocycles. The van der Waals surface area contributed by atoms with Gasteiger partial charge in [0.15, 0.2) is 5.15 Å². The van der Waals surface area contributed by atoms with E-state index in [1.54, 1.807) is 4.68 Å². The van der Waals surface area contributed by atoms with Crippen molar-refractivity contribution < 1.29 is 0 Å². The smallest absolute Gasteiger partial charge is 0.156 e. The van der Waals surface area contributed by atoms with Gasteiger partial charge in [-0.05, 0) is 12.8 Å². The lowest BCUT2D eigenvalue weighted by atomic mass is 10.1. The molecule has 1 fully saturated rings. The van der Waals surface area contributed by atoms with Gasteiger partial charge in [-0.2, -0.15) is 5.10 Å². The van der Waals surface area contributed by atoms with Crippen molar-refractivity contribution in [2.24, 2.45) is 12.8 Å². The summed E-state index contributed by atoms with van der Waals surface area (Å²) in [6.07, 6.45) is 3.95. The van der Waals surface area contributed by atoms with Gasteiger partial charge in [-0.1, -0.05) is 11.6 Å². The Kier molecular flexibility index (Phi) is 1.29. The third-order valence-corrected chi connectivity index (χ3v) is 2.39. The highest BCUT2D eigenvalue weighted by molar-refractivity contribution is 6.30. The van der Waals surface area contributed by atoms with Gasteiger partial charge in [0.05, 0.1) is 0 Å². The van der Waals surface area contributed by atoms with Crippen molar-refractivity contribution in [3.05, 3.63) is 16.9 Å². The maximum atomic E-state index is 5.94. The average Bonchev–Trinajstić information content (AvgIpc) is 2.55. The lowest BCUT2D eigenvalue weighted by molar-refractivity contribution is 0.731.